The molecule has 0 spiro atoms. The third kappa shape index (κ3) is 58.8. The number of phosphoric ester groups is 2. The normalized spacial score (nSPS) is 14.3. The number of esters is 4. The van der Waals surface area contributed by atoms with Gasteiger partial charge >= 0.3 is 39.5 Å². The number of aliphatic hydroxyl groups is 1. The van der Waals surface area contributed by atoms with Gasteiger partial charge in [0.1, 0.15) is 19.3 Å². The van der Waals surface area contributed by atoms with Crippen LogP contribution in [0.3, 0.4) is 0 Å². The largest absolute Gasteiger partial charge is 0.472 e. The molecule has 0 rings (SSSR count). The molecular formula is C64H124O17P2. The van der Waals surface area contributed by atoms with Crippen molar-refractivity contribution in [3.63, 3.8) is 0 Å². The summed E-state index contributed by atoms with van der Waals surface area (Å²) < 4.78 is 67.9. The summed E-state index contributed by atoms with van der Waals surface area (Å²) in [6, 6.07) is 0. The van der Waals surface area contributed by atoms with E-state index in [0.717, 1.165) is 115 Å². The molecule has 5 atom stereocenters. The average molecular weight is 1230 g/mol. The van der Waals surface area contributed by atoms with E-state index in [1.54, 1.807) is 0 Å². The van der Waals surface area contributed by atoms with E-state index in [2.05, 4.69) is 41.5 Å². The highest BCUT2D eigenvalue weighted by Gasteiger charge is 2.30. The van der Waals surface area contributed by atoms with E-state index in [-0.39, 0.29) is 25.7 Å². The van der Waals surface area contributed by atoms with Crippen LogP contribution in [0, 0.1) is 11.8 Å². The van der Waals surface area contributed by atoms with Crippen molar-refractivity contribution in [1.82, 2.24) is 0 Å². The van der Waals surface area contributed by atoms with Crippen molar-refractivity contribution < 1.29 is 80.2 Å². The number of carbonyl (C=O) groups is 4. The maximum absolute atomic E-state index is 13.0. The van der Waals surface area contributed by atoms with Gasteiger partial charge in [0.2, 0.25) is 0 Å². The molecule has 0 saturated heterocycles. The lowest BCUT2D eigenvalue weighted by molar-refractivity contribution is -0.161. The zero-order chi connectivity index (χ0) is 61.5. The van der Waals surface area contributed by atoms with E-state index in [1.165, 1.54) is 122 Å². The summed E-state index contributed by atoms with van der Waals surface area (Å²) in [7, 11) is -9.88. The fourth-order valence-electron chi connectivity index (χ4n) is 9.53. The fraction of sp³-hybridized carbons (Fsp3) is 0.938. The minimum atomic E-state index is -4.94. The smallest absolute Gasteiger partial charge is 0.462 e. The van der Waals surface area contributed by atoms with Gasteiger partial charge in [0.15, 0.2) is 12.2 Å². The van der Waals surface area contributed by atoms with Gasteiger partial charge in [-0.1, -0.05) is 266 Å². The van der Waals surface area contributed by atoms with Gasteiger partial charge in [-0.2, -0.15) is 0 Å². The Morgan fingerprint density at radius 3 is 0.819 bits per heavy atom. The van der Waals surface area contributed by atoms with Gasteiger partial charge in [-0.3, -0.25) is 37.3 Å². The van der Waals surface area contributed by atoms with E-state index in [1.807, 2.05) is 0 Å². The second-order valence-electron chi connectivity index (χ2n) is 24.1. The number of rotatable bonds is 63. The van der Waals surface area contributed by atoms with Crippen LogP contribution in [0.1, 0.15) is 318 Å². The third-order valence-electron chi connectivity index (χ3n) is 14.7. The lowest BCUT2D eigenvalue weighted by Crippen LogP contribution is -2.30. The molecule has 0 aliphatic rings. The number of aliphatic hydroxyl groups excluding tert-OH is 1. The number of phosphoric acid groups is 2. The zero-order valence-electron chi connectivity index (χ0n) is 53.5. The SMILES string of the molecule is CCCCCCCCCCCCCCC(=O)OC[C@H](COP(=O)(O)OC[C@@H](O)COP(=O)(O)OC[C@@H](COC(=O)CCCCCCCCC)OC(=O)CCCCCCCCCCC(C)C)OC(=O)CCCCCCCCCCCCC(C)C. The molecule has 0 aromatic rings. The quantitative estimate of drug-likeness (QED) is 0.0222. The topological polar surface area (TPSA) is 237 Å². The number of carbonyl (C=O) groups excluding carboxylic acids is 4. The molecule has 0 aromatic heterocycles. The standard InChI is InChI=1S/C64H124O17P2/c1-7-9-11-13-15-16-17-18-22-29-35-41-47-62(67)75-53-60(80-63(68)48-42-36-30-23-20-19-21-27-32-38-44-56(3)4)55-79-83(72,73)77-51-58(65)50-76-82(70,71)78-54-59(52-74-61(66)46-40-34-26-14-12-10-8-2)81-64(69)49-43-37-31-25-24-28-33-39-45-57(5)6/h56-60,65H,7-55H2,1-6H3,(H,70,71)(H,72,73)/t58-,59+,60+/m0/s1. The summed E-state index contributed by atoms with van der Waals surface area (Å²) in [5.74, 6) is -0.667. The number of unbranched alkanes of at least 4 members (excludes halogenated alkanes) is 33. The molecule has 0 amide bonds. The molecule has 0 fully saturated rings. The van der Waals surface area contributed by atoms with Crippen LogP contribution >= 0.6 is 15.6 Å². The molecule has 0 saturated carbocycles. The van der Waals surface area contributed by atoms with E-state index in [4.69, 9.17) is 37.0 Å². The highest BCUT2D eigenvalue weighted by Crippen LogP contribution is 2.45. The van der Waals surface area contributed by atoms with Crippen LogP contribution in [0.15, 0.2) is 0 Å². The van der Waals surface area contributed by atoms with E-state index in [9.17, 15) is 43.2 Å². The maximum Gasteiger partial charge on any atom is 0.472 e. The molecule has 0 aliphatic carbocycles. The van der Waals surface area contributed by atoms with E-state index in [0.29, 0.717) is 25.7 Å². The summed E-state index contributed by atoms with van der Waals surface area (Å²) in [6.45, 7) is 9.41. The van der Waals surface area contributed by atoms with E-state index < -0.39 is 97.5 Å². The molecular weight excluding hydrogens is 1100 g/mol. The lowest BCUT2D eigenvalue weighted by atomic mass is 10.0. The van der Waals surface area contributed by atoms with Gasteiger partial charge in [0.25, 0.3) is 0 Å². The maximum atomic E-state index is 13.0. The third-order valence-corrected chi connectivity index (χ3v) is 16.6. The Morgan fingerprint density at radius 2 is 0.554 bits per heavy atom. The molecule has 2 unspecified atom stereocenters. The summed E-state index contributed by atoms with van der Waals surface area (Å²) >= 11 is 0. The van der Waals surface area contributed by atoms with Crippen LogP contribution < -0.4 is 0 Å². The minimum Gasteiger partial charge on any atom is -0.462 e. The Balaban J connectivity index is 5.22. The first kappa shape index (κ1) is 81.1. The van der Waals surface area contributed by atoms with Gasteiger partial charge < -0.3 is 33.8 Å². The Labute approximate surface area is 505 Å². The Hall–Kier alpha value is -1.94. The van der Waals surface area contributed by atoms with Gasteiger partial charge in [0.05, 0.1) is 26.4 Å². The van der Waals surface area contributed by atoms with Crippen molar-refractivity contribution in [3.8, 4) is 0 Å². The fourth-order valence-corrected chi connectivity index (χ4v) is 11.1. The monoisotopic (exact) mass is 1230 g/mol. The van der Waals surface area contributed by atoms with Crippen LogP contribution in [0.25, 0.3) is 0 Å². The molecule has 83 heavy (non-hydrogen) atoms. The number of hydrogen-bond acceptors (Lipinski definition) is 15. The van der Waals surface area contributed by atoms with Crippen LogP contribution in [0.5, 0.6) is 0 Å². The number of hydrogen-bond donors (Lipinski definition) is 3. The van der Waals surface area contributed by atoms with E-state index >= 15 is 0 Å². The molecule has 0 radical (unpaired) electrons. The first-order valence-corrected chi connectivity index (χ1v) is 36.5. The van der Waals surface area contributed by atoms with Crippen molar-refractivity contribution in [2.24, 2.45) is 11.8 Å². The van der Waals surface area contributed by atoms with Crippen molar-refractivity contribution >= 4 is 39.5 Å². The molecule has 0 aromatic carbocycles. The van der Waals surface area contributed by atoms with Crippen LogP contribution in [-0.2, 0) is 65.4 Å². The molecule has 19 heteroatoms. The molecule has 0 aliphatic heterocycles. The molecule has 492 valence electrons. The van der Waals surface area contributed by atoms with Crippen LogP contribution in [-0.4, -0.2) is 96.7 Å². The summed E-state index contributed by atoms with van der Waals surface area (Å²) in [6.07, 6.45) is 39.0. The minimum absolute atomic E-state index is 0.104. The summed E-state index contributed by atoms with van der Waals surface area (Å²) in [5.41, 5.74) is 0. The highest BCUT2D eigenvalue weighted by atomic mass is 31.2. The highest BCUT2D eigenvalue weighted by molar-refractivity contribution is 7.47. The Bertz CT molecular complexity index is 1630. The van der Waals surface area contributed by atoms with Crippen molar-refractivity contribution in [2.75, 3.05) is 39.6 Å². The van der Waals surface area contributed by atoms with Crippen molar-refractivity contribution in [3.05, 3.63) is 0 Å². The Morgan fingerprint density at radius 1 is 0.325 bits per heavy atom. The van der Waals surface area contributed by atoms with Gasteiger partial charge in [-0.05, 0) is 37.5 Å². The molecule has 0 bridgehead atoms. The average Bonchev–Trinajstić information content (AvgIpc) is 3.46. The zero-order valence-corrected chi connectivity index (χ0v) is 55.3. The molecule has 3 N–H and O–H groups in total. The van der Waals surface area contributed by atoms with Gasteiger partial charge in [-0.25, -0.2) is 9.13 Å². The van der Waals surface area contributed by atoms with Gasteiger partial charge in [0, 0.05) is 25.7 Å². The van der Waals surface area contributed by atoms with Gasteiger partial charge in [-0.15, -0.1) is 0 Å². The van der Waals surface area contributed by atoms with Crippen LogP contribution in [0.2, 0.25) is 0 Å². The van der Waals surface area contributed by atoms with Crippen molar-refractivity contribution in [1.29, 1.82) is 0 Å². The number of ether oxygens (including phenoxy) is 4. The second-order valence-corrected chi connectivity index (χ2v) is 27.0. The van der Waals surface area contributed by atoms with Crippen molar-refractivity contribution in [2.45, 2.75) is 336 Å². The van der Waals surface area contributed by atoms with Crippen LogP contribution in [0.4, 0.5) is 0 Å². The summed E-state index contributed by atoms with van der Waals surface area (Å²) in [4.78, 5) is 72.1. The first-order chi connectivity index (χ1) is 39.9. The predicted octanol–water partition coefficient (Wildman–Crippen LogP) is 17.7. The first-order valence-electron chi connectivity index (χ1n) is 33.5. The molecule has 0 heterocycles. The lowest BCUT2D eigenvalue weighted by Gasteiger charge is -2.21. The summed E-state index contributed by atoms with van der Waals surface area (Å²) in [5, 5.41) is 10.5. The molecule has 17 nitrogen and oxygen atoms in total. The predicted molar refractivity (Wildman–Crippen MR) is 331 cm³/mol. The Kier molecular flexibility index (Phi) is 55.2. The second kappa shape index (κ2) is 56.6.